The van der Waals surface area contributed by atoms with Crippen molar-refractivity contribution in [3.8, 4) is 16.9 Å². The van der Waals surface area contributed by atoms with E-state index >= 15 is 0 Å². The molecule has 0 atom stereocenters. The molecule has 0 unspecified atom stereocenters. The summed E-state index contributed by atoms with van der Waals surface area (Å²) in [5, 5.41) is 0. The number of ketones is 1. The lowest BCUT2D eigenvalue weighted by molar-refractivity contribution is -0.118. The Bertz CT molecular complexity index is 1080. The highest BCUT2D eigenvalue weighted by molar-refractivity contribution is 5.82. The zero-order valence-electron chi connectivity index (χ0n) is 19.2. The molecule has 0 N–H and O–H groups in total. The molecule has 2 heterocycles. The van der Waals surface area contributed by atoms with Gasteiger partial charge in [-0.1, -0.05) is 18.2 Å². The van der Waals surface area contributed by atoms with Gasteiger partial charge in [-0.3, -0.25) is 9.78 Å². The third kappa shape index (κ3) is 6.19. The molecule has 1 saturated heterocycles. The first-order valence-electron chi connectivity index (χ1n) is 11.9. The summed E-state index contributed by atoms with van der Waals surface area (Å²) in [6.07, 6.45) is 6.75. The number of carbonyl (C=O) groups excluding carboxylic acids is 1. The number of benzene rings is 2. The molecule has 1 fully saturated rings. The molecule has 0 spiro atoms. The fourth-order valence-electron chi connectivity index (χ4n) is 4.36. The Morgan fingerprint density at radius 3 is 2.64 bits per heavy atom. The van der Waals surface area contributed by atoms with Gasteiger partial charge in [0, 0.05) is 60.7 Å². The van der Waals surface area contributed by atoms with Gasteiger partial charge in [-0.25, -0.2) is 4.39 Å². The maximum absolute atomic E-state index is 13.3. The van der Waals surface area contributed by atoms with Crippen LogP contribution in [0.15, 0.2) is 60.8 Å². The predicted octanol–water partition coefficient (Wildman–Crippen LogP) is 6.02. The highest BCUT2D eigenvalue weighted by Crippen LogP contribution is 2.35. The number of hydrogen-bond donors (Lipinski definition) is 0. The Kier molecular flexibility index (Phi) is 7.71. The van der Waals surface area contributed by atoms with Crippen LogP contribution in [0.5, 0.6) is 5.75 Å². The number of anilines is 1. The highest BCUT2D eigenvalue weighted by Gasteiger charge is 2.17. The first-order valence-corrected chi connectivity index (χ1v) is 11.9. The molecular weight excluding hydrogens is 415 g/mol. The van der Waals surface area contributed by atoms with Gasteiger partial charge in [0.05, 0.1) is 6.61 Å². The second-order valence-electron chi connectivity index (χ2n) is 8.54. The van der Waals surface area contributed by atoms with Crippen molar-refractivity contribution in [2.45, 2.75) is 45.4 Å². The van der Waals surface area contributed by atoms with Gasteiger partial charge in [0.2, 0.25) is 0 Å². The maximum atomic E-state index is 13.3. The fourth-order valence-corrected chi connectivity index (χ4v) is 4.36. The van der Waals surface area contributed by atoms with Crippen molar-refractivity contribution < 1.29 is 13.9 Å². The van der Waals surface area contributed by atoms with E-state index in [0.29, 0.717) is 19.4 Å². The molecule has 0 bridgehead atoms. The van der Waals surface area contributed by atoms with Crippen LogP contribution >= 0.6 is 0 Å². The van der Waals surface area contributed by atoms with Crippen molar-refractivity contribution in [1.82, 2.24) is 4.98 Å². The lowest BCUT2D eigenvalue weighted by atomic mass is 10.0. The average molecular weight is 447 g/mol. The van der Waals surface area contributed by atoms with E-state index in [1.165, 1.54) is 37.1 Å². The SMILES string of the molecule is CCOc1ccc(-c2ccc(CC(=O)CCc3cccc(F)c3)nc2)c(N2CCCCC2)c1. The van der Waals surface area contributed by atoms with Crippen LogP contribution in [0.4, 0.5) is 10.1 Å². The van der Waals surface area contributed by atoms with Crippen molar-refractivity contribution in [1.29, 1.82) is 0 Å². The first-order chi connectivity index (χ1) is 16.1. The Morgan fingerprint density at radius 2 is 1.91 bits per heavy atom. The minimum Gasteiger partial charge on any atom is -0.494 e. The minimum absolute atomic E-state index is 0.106. The summed E-state index contributed by atoms with van der Waals surface area (Å²) in [6.45, 7) is 4.74. The number of aryl methyl sites for hydroxylation is 1. The number of hydrogen-bond acceptors (Lipinski definition) is 4. The number of ether oxygens (including phenoxy) is 1. The summed E-state index contributed by atoms with van der Waals surface area (Å²) >= 11 is 0. The lowest BCUT2D eigenvalue weighted by Crippen LogP contribution is -2.29. The molecule has 0 saturated carbocycles. The third-order valence-corrected chi connectivity index (χ3v) is 6.07. The topological polar surface area (TPSA) is 42.4 Å². The summed E-state index contributed by atoms with van der Waals surface area (Å²) in [5.74, 6) is 0.722. The van der Waals surface area contributed by atoms with Gasteiger partial charge in [0.25, 0.3) is 0 Å². The molecule has 1 aliphatic rings. The van der Waals surface area contributed by atoms with Gasteiger partial charge in [-0.05, 0) is 68.5 Å². The van der Waals surface area contributed by atoms with Crippen molar-refractivity contribution in [2.24, 2.45) is 0 Å². The van der Waals surface area contributed by atoms with Crippen LogP contribution in [0.25, 0.3) is 11.1 Å². The van der Waals surface area contributed by atoms with E-state index in [4.69, 9.17) is 4.74 Å². The summed E-state index contributed by atoms with van der Waals surface area (Å²) in [7, 11) is 0. The highest BCUT2D eigenvalue weighted by atomic mass is 19.1. The van der Waals surface area contributed by atoms with E-state index in [-0.39, 0.29) is 18.0 Å². The predicted molar refractivity (Wildman–Crippen MR) is 130 cm³/mol. The van der Waals surface area contributed by atoms with Gasteiger partial charge in [0.15, 0.2) is 0 Å². The smallest absolute Gasteiger partial charge is 0.139 e. The Labute approximate surface area is 195 Å². The number of nitrogens with zero attached hydrogens (tertiary/aromatic N) is 2. The van der Waals surface area contributed by atoms with Gasteiger partial charge in [-0.15, -0.1) is 0 Å². The Balaban J connectivity index is 1.45. The number of carbonyl (C=O) groups is 1. The van der Waals surface area contributed by atoms with Crippen LogP contribution in [0.3, 0.4) is 0 Å². The molecule has 33 heavy (non-hydrogen) atoms. The van der Waals surface area contributed by atoms with Crippen LogP contribution in [0.1, 0.15) is 43.9 Å². The van der Waals surface area contributed by atoms with Crippen molar-refractivity contribution in [2.75, 3.05) is 24.6 Å². The van der Waals surface area contributed by atoms with Crippen LogP contribution in [-0.4, -0.2) is 30.5 Å². The van der Waals surface area contributed by atoms with E-state index in [1.54, 1.807) is 6.07 Å². The van der Waals surface area contributed by atoms with E-state index in [2.05, 4.69) is 22.0 Å². The van der Waals surface area contributed by atoms with Gasteiger partial charge in [0.1, 0.15) is 17.3 Å². The molecule has 0 aliphatic carbocycles. The monoisotopic (exact) mass is 446 g/mol. The Hall–Kier alpha value is -3.21. The van der Waals surface area contributed by atoms with E-state index in [9.17, 15) is 9.18 Å². The maximum Gasteiger partial charge on any atom is 0.139 e. The van der Waals surface area contributed by atoms with Crippen molar-refractivity contribution in [3.63, 3.8) is 0 Å². The minimum atomic E-state index is -0.268. The molecular formula is C28H31FN2O2. The van der Waals surface area contributed by atoms with Crippen molar-refractivity contribution in [3.05, 3.63) is 77.9 Å². The van der Waals surface area contributed by atoms with Crippen LogP contribution in [0, 0.1) is 5.82 Å². The number of aromatic nitrogens is 1. The summed E-state index contributed by atoms with van der Waals surface area (Å²) < 4.78 is 19.1. The second-order valence-corrected chi connectivity index (χ2v) is 8.54. The number of piperidine rings is 1. The van der Waals surface area contributed by atoms with Crippen LogP contribution in [0.2, 0.25) is 0 Å². The molecule has 4 rings (SSSR count). The summed E-state index contributed by atoms with van der Waals surface area (Å²) in [6, 6.07) is 16.7. The van der Waals surface area contributed by atoms with E-state index in [0.717, 1.165) is 41.2 Å². The first kappa shape index (κ1) is 23.0. The Morgan fingerprint density at radius 1 is 1.06 bits per heavy atom. The molecule has 0 radical (unpaired) electrons. The molecule has 0 amide bonds. The zero-order valence-corrected chi connectivity index (χ0v) is 19.2. The standard InChI is InChI=1S/C28H31FN2O2/c1-2-33-26-13-14-27(28(19-26)31-15-4-3-5-16-31)22-10-11-24(30-20-22)18-25(32)12-9-21-7-6-8-23(29)17-21/h6-8,10-11,13-14,17,19-20H,2-5,9,12,15-16,18H2,1H3. The quantitative estimate of drug-likeness (QED) is 0.403. The zero-order chi connectivity index (χ0) is 23.0. The number of Topliss-reactive ketones (excluding diaryl/α,β-unsaturated/α-hetero) is 1. The van der Waals surface area contributed by atoms with Gasteiger partial charge < -0.3 is 9.64 Å². The van der Waals surface area contributed by atoms with Crippen molar-refractivity contribution >= 4 is 11.5 Å². The lowest BCUT2D eigenvalue weighted by Gasteiger charge is -2.31. The fraction of sp³-hybridized carbons (Fsp3) is 0.357. The van der Waals surface area contributed by atoms with Gasteiger partial charge >= 0.3 is 0 Å². The molecule has 2 aromatic carbocycles. The van der Waals surface area contributed by atoms with E-state index in [1.807, 2.05) is 37.4 Å². The van der Waals surface area contributed by atoms with E-state index < -0.39 is 0 Å². The van der Waals surface area contributed by atoms with Crippen LogP contribution < -0.4 is 9.64 Å². The number of rotatable bonds is 9. The number of pyridine rings is 1. The molecule has 172 valence electrons. The largest absolute Gasteiger partial charge is 0.494 e. The third-order valence-electron chi connectivity index (χ3n) is 6.07. The molecule has 1 aliphatic heterocycles. The molecule has 3 aromatic rings. The number of halogens is 1. The molecule has 4 nitrogen and oxygen atoms in total. The summed E-state index contributed by atoms with van der Waals surface area (Å²) in [5.41, 5.74) is 4.95. The molecule has 5 heteroatoms. The molecule has 1 aromatic heterocycles. The second kappa shape index (κ2) is 11.1. The van der Waals surface area contributed by atoms with Gasteiger partial charge in [-0.2, -0.15) is 0 Å². The normalized spacial score (nSPS) is 13.7. The average Bonchev–Trinajstić information content (AvgIpc) is 2.84. The van der Waals surface area contributed by atoms with Crippen LogP contribution in [-0.2, 0) is 17.6 Å². The summed E-state index contributed by atoms with van der Waals surface area (Å²) in [4.78, 5) is 19.4.